The molecule has 5 rings (SSSR count). The molecule has 4 N–H and O–H groups in total. The molecule has 1 aromatic carbocycles. The number of methoxy groups -OCH3 is 1. The molecule has 0 saturated heterocycles. The van der Waals surface area contributed by atoms with Crippen LogP contribution in [0, 0.1) is 40.9 Å². The molecule has 0 radical (unpaired) electrons. The Morgan fingerprint density at radius 3 is 2.47 bits per heavy atom. The van der Waals surface area contributed by atoms with E-state index in [4.69, 9.17) is 4.74 Å². The summed E-state index contributed by atoms with van der Waals surface area (Å²) in [5.41, 5.74) is 7.52. The fourth-order valence-corrected chi connectivity index (χ4v) is 5.14. The van der Waals surface area contributed by atoms with Crippen LogP contribution in [0.2, 0.25) is 0 Å². The summed E-state index contributed by atoms with van der Waals surface area (Å²) in [7, 11) is 1.39. The number of hydrazine groups is 2. The van der Waals surface area contributed by atoms with Gasteiger partial charge in [0, 0.05) is 35.1 Å². The van der Waals surface area contributed by atoms with E-state index >= 15 is 0 Å². The lowest BCUT2D eigenvalue weighted by Crippen LogP contribution is -2.50. The molecule has 0 bridgehead atoms. The van der Waals surface area contributed by atoms with Crippen molar-refractivity contribution in [3.8, 4) is 12.1 Å². The second-order valence-electron chi connectivity index (χ2n) is 11.9. The Hall–Kier alpha value is -4.75. The largest absolute Gasteiger partial charge is 0.480 e. The summed E-state index contributed by atoms with van der Waals surface area (Å²) in [6.07, 6.45) is -0.661. The highest BCUT2D eigenvalue weighted by molar-refractivity contribution is 5.99. The summed E-state index contributed by atoms with van der Waals surface area (Å²) in [5, 5.41) is 28.5. The zero-order valence-corrected chi connectivity index (χ0v) is 24.4. The van der Waals surface area contributed by atoms with Crippen molar-refractivity contribution in [2.45, 2.75) is 58.5 Å². The molecule has 1 fully saturated rings. The number of hydrogen-bond acceptors (Lipinski definition) is 10. The molecule has 13 heteroatoms. The SMILES string of the molecule is COC1=C([C@@H](Nc2cc(C#N)c3ncc(C#N)c(NCC(C)(C)C)c3c2)c2ccc(F)nc2C)NNN1C1(C(F)F)CC1. The quantitative estimate of drug-likeness (QED) is 0.241. The zero-order valence-electron chi connectivity index (χ0n) is 24.4. The van der Waals surface area contributed by atoms with E-state index in [-0.39, 0.29) is 29.7 Å². The third-order valence-electron chi connectivity index (χ3n) is 7.55. The van der Waals surface area contributed by atoms with Gasteiger partial charge >= 0.3 is 0 Å². The standard InChI is InChI=1S/C30H32F3N9O/c1-16-20(6-7-22(31)38-16)25(26-27(43-5)42(41-40-26)30(8-9-30)28(32)33)39-19-10-17(12-34)23-21(11-19)24(18(13-35)14-36-23)37-15-29(2,3)4/h6-7,10-11,14,25,28,39-41H,8-9,15H2,1-5H3,(H,36,37)/t25-/m0/s1. The number of alkyl halides is 2. The van der Waals surface area contributed by atoms with Gasteiger partial charge in [-0.1, -0.05) is 26.8 Å². The van der Waals surface area contributed by atoms with Crippen LogP contribution in [0.15, 0.2) is 42.0 Å². The van der Waals surface area contributed by atoms with Crippen molar-refractivity contribution in [1.29, 1.82) is 10.5 Å². The number of benzene rings is 1. The van der Waals surface area contributed by atoms with Crippen molar-refractivity contribution < 1.29 is 17.9 Å². The molecule has 0 spiro atoms. The maximum atomic E-state index is 14.1. The summed E-state index contributed by atoms with van der Waals surface area (Å²) in [6, 6.07) is 9.69. The lowest BCUT2D eigenvalue weighted by Gasteiger charge is -2.29. The Labute approximate surface area is 247 Å². The topological polar surface area (TPSA) is 134 Å². The van der Waals surface area contributed by atoms with Gasteiger partial charge < -0.3 is 20.8 Å². The number of anilines is 2. The first-order chi connectivity index (χ1) is 20.4. The number of pyridine rings is 2. The fourth-order valence-electron chi connectivity index (χ4n) is 5.14. The van der Waals surface area contributed by atoms with E-state index in [2.05, 4.69) is 64.5 Å². The molecule has 10 nitrogen and oxygen atoms in total. The smallest absolute Gasteiger partial charge is 0.263 e. The van der Waals surface area contributed by atoms with E-state index in [1.807, 2.05) is 0 Å². The second kappa shape index (κ2) is 11.2. The Morgan fingerprint density at radius 2 is 1.88 bits per heavy atom. The number of rotatable bonds is 9. The van der Waals surface area contributed by atoms with Crippen molar-refractivity contribution in [2.24, 2.45) is 5.41 Å². The number of fused-ring (bicyclic) bond motifs is 1. The summed E-state index contributed by atoms with van der Waals surface area (Å²) in [5.74, 6) is -0.529. The summed E-state index contributed by atoms with van der Waals surface area (Å²) in [4.78, 5) is 8.37. The van der Waals surface area contributed by atoms with Crippen LogP contribution in [-0.2, 0) is 4.74 Å². The minimum Gasteiger partial charge on any atom is -0.480 e. The maximum absolute atomic E-state index is 14.1. The average Bonchev–Trinajstić information content (AvgIpc) is 3.66. The average molecular weight is 592 g/mol. The van der Waals surface area contributed by atoms with Gasteiger partial charge in [0.05, 0.1) is 29.4 Å². The van der Waals surface area contributed by atoms with Crippen LogP contribution in [0.5, 0.6) is 0 Å². The van der Waals surface area contributed by atoms with Crippen LogP contribution in [0.4, 0.5) is 24.5 Å². The van der Waals surface area contributed by atoms with Gasteiger partial charge in [-0.25, -0.2) is 18.8 Å². The third kappa shape index (κ3) is 5.56. The molecule has 0 amide bonds. The predicted octanol–water partition coefficient (Wildman–Crippen LogP) is 5.37. The first-order valence-electron chi connectivity index (χ1n) is 13.7. The lowest BCUT2D eigenvalue weighted by molar-refractivity contribution is -0.0266. The first kappa shape index (κ1) is 29.7. The maximum Gasteiger partial charge on any atom is 0.263 e. The van der Waals surface area contributed by atoms with Crippen LogP contribution in [0.1, 0.15) is 62.0 Å². The van der Waals surface area contributed by atoms with Crippen LogP contribution in [0.3, 0.4) is 0 Å². The number of aryl methyl sites for hydroxylation is 1. The van der Waals surface area contributed by atoms with Gasteiger partial charge in [-0.3, -0.25) is 4.98 Å². The summed E-state index contributed by atoms with van der Waals surface area (Å²) in [6.45, 7) is 8.35. The normalized spacial score (nSPS) is 16.5. The van der Waals surface area contributed by atoms with E-state index in [0.717, 1.165) is 0 Å². The molecular formula is C30H32F3N9O. The number of aromatic nitrogens is 2. The number of halogens is 3. The minimum atomic E-state index is -2.63. The van der Waals surface area contributed by atoms with E-state index in [1.165, 1.54) is 24.4 Å². The molecular weight excluding hydrogens is 559 g/mol. The number of hydrogen-bond donors (Lipinski definition) is 4. The number of nitriles is 2. The van der Waals surface area contributed by atoms with Gasteiger partial charge in [0.15, 0.2) is 0 Å². The predicted molar refractivity (Wildman–Crippen MR) is 155 cm³/mol. The van der Waals surface area contributed by atoms with Gasteiger partial charge in [-0.15, -0.1) is 5.53 Å². The lowest BCUT2D eigenvalue weighted by atomic mass is 9.96. The van der Waals surface area contributed by atoms with Crippen LogP contribution in [0.25, 0.3) is 10.9 Å². The van der Waals surface area contributed by atoms with Crippen LogP contribution in [-0.4, -0.2) is 40.6 Å². The minimum absolute atomic E-state index is 0.109. The summed E-state index contributed by atoms with van der Waals surface area (Å²) >= 11 is 0. The Morgan fingerprint density at radius 1 is 1.16 bits per heavy atom. The Bertz CT molecular complexity index is 1680. The van der Waals surface area contributed by atoms with Crippen molar-refractivity contribution in [2.75, 3.05) is 24.3 Å². The monoisotopic (exact) mass is 591 g/mol. The third-order valence-corrected chi connectivity index (χ3v) is 7.55. The van der Waals surface area contributed by atoms with Crippen LogP contribution < -0.4 is 21.6 Å². The zero-order chi connectivity index (χ0) is 31.1. The fraction of sp³-hybridized carbons (Fsp3) is 0.400. The molecule has 1 aliphatic carbocycles. The number of nitrogens with one attached hydrogen (secondary N) is 4. The van der Waals surface area contributed by atoms with E-state index in [0.29, 0.717) is 51.3 Å². The highest BCUT2D eigenvalue weighted by atomic mass is 19.3. The highest BCUT2D eigenvalue weighted by Crippen LogP contribution is 2.49. The Balaban J connectivity index is 1.66. The van der Waals surface area contributed by atoms with E-state index < -0.39 is 24.0 Å². The molecule has 3 aromatic rings. The van der Waals surface area contributed by atoms with Crippen molar-refractivity contribution in [1.82, 2.24) is 25.9 Å². The molecule has 1 aliphatic heterocycles. The number of ether oxygens (including phenoxy) is 1. The summed E-state index contributed by atoms with van der Waals surface area (Å²) < 4.78 is 47.9. The molecule has 1 atom stereocenters. The molecule has 43 heavy (non-hydrogen) atoms. The van der Waals surface area contributed by atoms with Gasteiger partial charge in [0.2, 0.25) is 11.8 Å². The number of nitrogens with zero attached hydrogens (tertiary/aromatic N) is 5. The van der Waals surface area contributed by atoms with Gasteiger partial charge in [0.25, 0.3) is 6.43 Å². The first-order valence-corrected chi connectivity index (χ1v) is 13.7. The van der Waals surface area contributed by atoms with Crippen molar-refractivity contribution in [3.05, 3.63) is 70.4 Å². The highest BCUT2D eigenvalue weighted by Gasteiger charge is 2.59. The molecule has 2 aromatic heterocycles. The molecule has 0 unspecified atom stereocenters. The molecule has 224 valence electrons. The molecule has 3 heterocycles. The van der Waals surface area contributed by atoms with Gasteiger partial charge in [-0.2, -0.15) is 14.9 Å². The van der Waals surface area contributed by atoms with Gasteiger partial charge in [0.1, 0.15) is 29.4 Å². The molecule has 1 saturated carbocycles. The van der Waals surface area contributed by atoms with E-state index in [1.54, 1.807) is 25.1 Å². The second-order valence-corrected chi connectivity index (χ2v) is 11.9. The van der Waals surface area contributed by atoms with Crippen molar-refractivity contribution in [3.63, 3.8) is 0 Å². The van der Waals surface area contributed by atoms with Gasteiger partial charge in [-0.05, 0) is 43.4 Å². The Kier molecular flexibility index (Phi) is 7.71. The van der Waals surface area contributed by atoms with Crippen molar-refractivity contribution >= 4 is 22.3 Å². The van der Waals surface area contributed by atoms with E-state index in [9.17, 15) is 23.7 Å². The van der Waals surface area contributed by atoms with Crippen LogP contribution >= 0.6 is 0 Å². The molecule has 2 aliphatic rings.